The maximum Gasteiger partial charge on any atom is 0.0396 e. The fourth-order valence-corrected chi connectivity index (χ4v) is 3.67. The number of piperazine rings is 2. The van der Waals surface area contributed by atoms with Crippen molar-refractivity contribution in [2.75, 3.05) is 76.3 Å². The summed E-state index contributed by atoms with van der Waals surface area (Å²) < 4.78 is 0. The molecule has 2 aliphatic heterocycles. The van der Waals surface area contributed by atoms with Crippen molar-refractivity contribution in [3.8, 4) is 0 Å². The molecule has 0 atom stereocenters. The van der Waals surface area contributed by atoms with Gasteiger partial charge in [-0.2, -0.15) is 0 Å². The molecule has 27 heavy (non-hydrogen) atoms. The highest BCUT2D eigenvalue weighted by atomic mass is 15.3. The van der Waals surface area contributed by atoms with E-state index < -0.39 is 0 Å². The van der Waals surface area contributed by atoms with E-state index >= 15 is 0 Å². The Labute approximate surface area is 165 Å². The first kappa shape index (κ1) is 19.7. The molecular weight excluding hydrogens is 332 g/mol. The average molecular weight is 367 g/mol. The summed E-state index contributed by atoms with van der Waals surface area (Å²) in [7, 11) is 4.37. The Balaban J connectivity index is 0.000000156. The molecule has 0 amide bonds. The zero-order valence-electron chi connectivity index (χ0n) is 17.1. The zero-order valence-corrected chi connectivity index (χ0v) is 17.1. The van der Waals surface area contributed by atoms with E-state index in [0.717, 1.165) is 26.2 Å². The predicted molar refractivity (Wildman–Crippen MR) is 117 cm³/mol. The molecule has 4 heteroatoms. The maximum atomic E-state index is 2.48. The highest BCUT2D eigenvalue weighted by Crippen LogP contribution is 2.20. The Morgan fingerprint density at radius 3 is 1.59 bits per heavy atom. The lowest BCUT2D eigenvalue weighted by atomic mass is 10.1. The molecular formula is C23H34N4. The second-order valence-electron chi connectivity index (χ2n) is 7.70. The van der Waals surface area contributed by atoms with Crippen LogP contribution in [0.1, 0.15) is 5.56 Å². The van der Waals surface area contributed by atoms with Crippen molar-refractivity contribution in [3.05, 3.63) is 60.2 Å². The third kappa shape index (κ3) is 5.72. The molecule has 2 fully saturated rings. The van der Waals surface area contributed by atoms with Crippen molar-refractivity contribution in [2.24, 2.45) is 0 Å². The lowest BCUT2D eigenvalue weighted by molar-refractivity contribution is 0.312. The molecule has 4 nitrogen and oxygen atoms in total. The third-order valence-corrected chi connectivity index (χ3v) is 5.58. The molecule has 0 aromatic heterocycles. The second kappa shape index (κ2) is 9.77. The lowest BCUT2D eigenvalue weighted by Crippen LogP contribution is -2.44. The van der Waals surface area contributed by atoms with Gasteiger partial charge in [-0.25, -0.2) is 0 Å². The minimum atomic E-state index is 1.15. The summed E-state index contributed by atoms with van der Waals surface area (Å²) in [6.45, 7) is 11.5. The van der Waals surface area contributed by atoms with Crippen LogP contribution in [0.5, 0.6) is 0 Å². The van der Waals surface area contributed by atoms with Crippen LogP contribution in [0, 0.1) is 6.92 Å². The molecule has 2 aromatic carbocycles. The van der Waals surface area contributed by atoms with E-state index in [1.807, 2.05) is 0 Å². The Hall–Kier alpha value is -2.04. The first-order valence-electron chi connectivity index (χ1n) is 10.1. The van der Waals surface area contributed by atoms with Gasteiger partial charge in [0.25, 0.3) is 0 Å². The van der Waals surface area contributed by atoms with E-state index in [1.165, 1.54) is 43.1 Å². The molecule has 0 saturated carbocycles. The molecule has 0 spiro atoms. The molecule has 146 valence electrons. The summed E-state index contributed by atoms with van der Waals surface area (Å²) in [4.78, 5) is 9.68. The standard InChI is InChI=1S/C12H18N2.C11H16N2/c1-11-5-3-4-6-12(11)14-9-7-13(2)8-10-14;1-12-7-9-13(10-8-12)11-5-3-2-4-6-11/h3-6H,7-10H2,1-2H3;2-6H,7-10H2,1H3. The van der Waals surface area contributed by atoms with Crippen LogP contribution < -0.4 is 9.80 Å². The van der Waals surface area contributed by atoms with Crippen molar-refractivity contribution in [1.82, 2.24) is 9.80 Å². The summed E-state index contributed by atoms with van der Waals surface area (Å²) >= 11 is 0. The van der Waals surface area contributed by atoms with Crippen LogP contribution in [0.3, 0.4) is 0 Å². The number of benzene rings is 2. The van der Waals surface area contributed by atoms with Gasteiger partial charge < -0.3 is 19.6 Å². The third-order valence-electron chi connectivity index (χ3n) is 5.58. The molecule has 2 heterocycles. The fraction of sp³-hybridized carbons (Fsp3) is 0.478. The van der Waals surface area contributed by atoms with Crippen molar-refractivity contribution < 1.29 is 0 Å². The van der Waals surface area contributed by atoms with Crippen LogP contribution in [0.25, 0.3) is 0 Å². The Morgan fingerprint density at radius 1 is 0.556 bits per heavy atom. The summed E-state index contributed by atoms with van der Waals surface area (Å²) in [6.07, 6.45) is 0. The topological polar surface area (TPSA) is 13.0 Å². The van der Waals surface area contributed by atoms with Crippen LogP contribution in [0.2, 0.25) is 0 Å². The molecule has 2 saturated heterocycles. The number of hydrogen-bond acceptors (Lipinski definition) is 4. The van der Waals surface area contributed by atoms with E-state index in [2.05, 4.69) is 95.2 Å². The fourth-order valence-electron chi connectivity index (χ4n) is 3.67. The van der Waals surface area contributed by atoms with Gasteiger partial charge in [0.15, 0.2) is 0 Å². The monoisotopic (exact) mass is 366 g/mol. The van der Waals surface area contributed by atoms with Crippen LogP contribution in [0.4, 0.5) is 11.4 Å². The Kier molecular flexibility index (Phi) is 7.13. The van der Waals surface area contributed by atoms with Crippen LogP contribution in [-0.2, 0) is 0 Å². The van der Waals surface area contributed by atoms with Gasteiger partial charge in [-0.15, -0.1) is 0 Å². The van der Waals surface area contributed by atoms with Crippen molar-refractivity contribution >= 4 is 11.4 Å². The number of likely N-dealkylation sites (N-methyl/N-ethyl adjacent to an activating group) is 2. The van der Waals surface area contributed by atoms with Crippen LogP contribution in [-0.4, -0.2) is 76.3 Å². The molecule has 2 aliphatic rings. The summed E-state index contributed by atoms with van der Waals surface area (Å²) in [5.41, 5.74) is 4.15. The average Bonchev–Trinajstić information content (AvgIpc) is 2.71. The Bertz CT molecular complexity index is 672. The van der Waals surface area contributed by atoms with Gasteiger partial charge in [-0.1, -0.05) is 36.4 Å². The first-order valence-corrected chi connectivity index (χ1v) is 10.1. The number of aryl methyl sites for hydroxylation is 1. The van der Waals surface area contributed by atoms with Gasteiger partial charge in [0, 0.05) is 63.7 Å². The van der Waals surface area contributed by atoms with Gasteiger partial charge in [0.1, 0.15) is 0 Å². The van der Waals surface area contributed by atoms with E-state index in [1.54, 1.807) is 0 Å². The van der Waals surface area contributed by atoms with E-state index in [0.29, 0.717) is 0 Å². The SMILES string of the molecule is CN1CCN(c2ccccc2)CC1.Cc1ccccc1N1CCN(C)CC1. The largest absolute Gasteiger partial charge is 0.369 e. The number of para-hydroxylation sites is 2. The molecule has 2 aromatic rings. The van der Waals surface area contributed by atoms with E-state index in [4.69, 9.17) is 0 Å². The summed E-state index contributed by atoms with van der Waals surface area (Å²) in [6, 6.07) is 19.3. The van der Waals surface area contributed by atoms with Crippen molar-refractivity contribution in [1.29, 1.82) is 0 Å². The van der Waals surface area contributed by atoms with Crippen LogP contribution in [0.15, 0.2) is 54.6 Å². The van der Waals surface area contributed by atoms with Crippen molar-refractivity contribution in [3.63, 3.8) is 0 Å². The lowest BCUT2D eigenvalue weighted by Gasteiger charge is -2.34. The minimum Gasteiger partial charge on any atom is -0.369 e. The molecule has 0 N–H and O–H groups in total. The molecule has 0 bridgehead atoms. The summed E-state index contributed by atoms with van der Waals surface area (Å²) in [5.74, 6) is 0. The first-order chi connectivity index (χ1) is 13.1. The van der Waals surface area contributed by atoms with Gasteiger partial charge in [-0.05, 0) is 44.8 Å². The van der Waals surface area contributed by atoms with E-state index in [-0.39, 0.29) is 0 Å². The number of nitrogens with zero attached hydrogens (tertiary/aromatic N) is 4. The summed E-state index contributed by atoms with van der Waals surface area (Å²) in [5, 5.41) is 0. The molecule has 4 rings (SSSR count). The highest BCUT2D eigenvalue weighted by Gasteiger charge is 2.15. The maximum absolute atomic E-state index is 2.48. The molecule has 0 unspecified atom stereocenters. The Morgan fingerprint density at radius 2 is 1.04 bits per heavy atom. The highest BCUT2D eigenvalue weighted by molar-refractivity contribution is 5.53. The quantitative estimate of drug-likeness (QED) is 0.809. The molecule has 0 radical (unpaired) electrons. The number of anilines is 2. The van der Waals surface area contributed by atoms with Gasteiger partial charge in [0.05, 0.1) is 0 Å². The van der Waals surface area contributed by atoms with Gasteiger partial charge in [-0.3, -0.25) is 0 Å². The predicted octanol–water partition coefficient (Wildman–Crippen LogP) is 3.19. The zero-order chi connectivity index (χ0) is 19.1. The van der Waals surface area contributed by atoms with Crippen molar-refractivity contribution in [2.45, 2.75) is 6.92 Å². The minimum absolute atomic E-state index is 1.15. The van der Waals surface area contributed by atoms with Gasteiger partial charge >= 0.3 is 0 Å². The van der Waals surface area contributed by atoms with Crippen LogP contribution >= 0.6 is 0 Å². The smallest absolute Gasteiger partial charge is 0.0396 e. The van der Waals surface area contributed by atoms with E-state index in [9.17, 15) is 0 Å². The number of rotatable bonds is 2. The van der Waals surface area contributed by atoms with Gasteiger partial charge in [0.2, 0.25) is 0 Å². The molecule has 0 aliphatic carbocycles. The normalized spacial score (nSPS) is 18.8. The number of hydrogen-bond donors (Lipinski definition) is 0. The second-order valence-corrected chi connectivity index (χ2v) is 7.70.